The van der Waals surface area contributed by atoms with Gasteiger partial charge in [-0.3, -0.25) is 20.4 Å². The van der Waals surface area contributed by atoms with Crippen molar-refractivity contribution in [1.29, 1.82) is 0 Å². The highest BCUT2D eigenvalue weighted by Gasteiger charge is 2.07. The molecule has 5 nitrogen and oxygen atoms in total. The Hall–Kier alpha value is -2.30. The summed E-state index contributed by atoms with van der Waals surface area (Å²) in [6.45, 7) is 6.25. The van der Waals surface area contributed by atoms with Crippen molar-refractivity contribution in [2.24, 2.45) is 0 Å². The van der Waals surface area contributed by atoms with Crippen molar-refractivity contribution in [3.63, 3.8) is 0 Å². The van der Waals surface area contributed by atoms with Gasteiger partial charge < -0.3 is 4.74 Å². The summed E-state index contributed by atoms with van der Waals surface area (Å²) in [5.74, 6) is 0.176. The van der Waals surface area contributed by atoms with E-state index in [9.17, 15) is 9.59 Å². The molecule has 1 rings (SSSR count). The first-order chi connectivity index (χ1) is 14.2. The van der Waals surface area contributed by atoms with Gasteiger partial charge in [0.25, 0.3) is 5.91 Å². The van der Waals surface area contributed by atoms with Crippen LogP contribution in [0.1, 0.15) is 94.3 Å². The fourth-order valence-corrected chi connectivity index (χ4v) is 3.07. The average molecular weight is 403 g/mol. The lowest BCUT2D eigenvalue weighted by atomic mass is 10.1. The molecule has 0 heterocycles. The molecule has 0 unspecified atom stereocenters. The number of hydrogen-bond acceptors (Lipinski definition) is 3. The maximum Gasteiger partial charge on any atom is 0.269 e. The molecule has 0 aliphatic carbocycles. The Morgan fingerprint density at radius 1 is 0.862 bits per heavy atom. The number of hydrogen-bond donors (Lipinski definition) is 2. The van der Waals surface area contributed by atoms with Gasteiger partial charge in [-0.05, 0) is 30.7 Å². The second-order valence-corrected chi connectivity index (χ2v) is 7.41. The molecule has 0 saturated heterocycles. The quantitative estimate of drug-likeness (QED) is 0.211. The molecule has 0 spiro atoms. The summed E-state index contributed by atoms with van der Waals surface area (Å²) in [6.07, 6.45) is 15.8. The van der Waals surface area contributed by atoms with Gasteiger partial charge in [0.05, 0.1) is 0 Å². The molecule has 0 aromatic heterocycles. The molecule has 0 radical (unpaired) electrons. The first-order valence-electron chi connectivity index (χ1n) is 11.1. The smallest absolute Gasteiger partial charge is 0.269 e. The minimum atomic E-state index is -0.340. The van der Waals surface area contributed by atoms with Crippen LogP contribution in [0, 0.1) is 0 Å². The monoisotopic (exact) mass is 402 g/mol. The minimum Gasteiger partial charge on any atom is -0.490 e. The number of carbonyl (C=O) groups is 2. The van der Waals surface area contributed by atoms with Gasteiger partial charge in [-0.2, -0.15) is 0 Å². The lowest BCUT2D eigenvalue weighted by Gasteiger charge is -2.08. The molecule has 1 aromatic carbocycles. The molecule has 162 valence electrons. The highest BCUT2D eigenvalue weighted by molar-refractivity contribution is 5.95. The van der Waals surface area contributed by atoms with Crippen molar-refractivity contribution >= 4 is 11.8 Å². The predicted molar refractivity (Wildman–Crippen MR) is 119 cm³/mol. The van der Waals surface area contributed by atoms with Gasteiger partial charge in [-0.15, -0.1) is 0 Å². The maximum absolute atomic E-state index is 12.1. The lowest BCUT2D eigenvalue weighted by Crippen LogP contribution is -2.41. The third-order valence-corrected chi connectivity index (χ3v) is 4.81. The normalized spacial score (nSPS) is 10.4. The fraction of sp³-hybridized carbons (Fsp3) is 0.583. The van der Waals surface area contributed by atoms with Crippen molar-refractivity contribution in [1.82, 2.24) is 10.9 Å². The minimum absolute atomic E-state index is 0.153. The van der Waals surface area contributed by atoms with E-state index in [2.05, 4.69) is 24.4 Å². The van der Waals surface area contributed by atoms with E-state index >= 15 is 0 Å². The molecule has 5 heteroatoms. The van der Waals surface area contributed by atoms with Gasteiger partial charge in [0.2, 0.25) is 5.91 Å². The zero-order chi connectivity index (χ0) is 21.2. The van der Waals surface area contributed by atoms with Gasteiger partial charge in [-0.25, -0.2) is 0 Å². The van der Waals surface area contributed by atoms with Crippen LogP contribution >= 0.6 is 0 Å². The predicted octanol–water partition coefficient (Wildman–Crippen LogP) is 5.71. The lowest BCUT2D eigenvalue weighted by molar-refractivity contribution is -0.122. The molecule has 0 saturated carbocycles. The van der Waals surface area contributed by atoms with Crippen molar-refractivity contribution in [2.75, 3.05) is 6.61 Å². The number of amides is 2. The largest absolute Gasteiger partial charge is 0.490 e. The summed E-state index contributed by atoms with van der Waals surface area (Å²) in [4.78, 5) is 23.9. The molecule has 0 atom stereocenters. The summed E-state index contributed by atoms with van der Waals surface area (Å²) in [5.41, 5.74) is 5.40. The number of benzene rings is 1. The Kier molecular flexibility index (Phi) is 14.2. The standard InChI is InChI=1S/C24H38N2O3/c1-3-5-6-7-8-9-10-11-12-13-14-15-23(27)25-26-24(28)21-16-18-22(19-17-21)29-20-4-2/h4,16-19H,2-3,5-15,20H2,1H3,(H,25,27)(H,26,28). The van der Waals surface area contributed by atoms with Crippen LogP contribution in [0.4, 0.5) is 0 Å². The zero-order valence-electron chi connectivity index (χ0n) is 18.0. The second kappa shape index (κ2) is 16.6. The Balaban J connectivity index is 2.03. The van der Waals surface area contributed by atoms with Crippen molar-refractivity contribution in [3.8, 4) is 5.75 Å². The van der Waals surface area contributed by atoms with Gasteiger partial charge in [0, 0.05) is 12.0 Å². The Bertz CT molecular complexity index is 584. The van der Waals surface area contributed by atoms with Crippen LogP contribution in [-0.4, -0.2) is 18.4 Å². The van der Waals surface area contributed by atoms with E-state index in [1.54, 1.807) is 30.3 Å². The van der Waals surface area contributed by atoms with Gasteiger partial charge in [0.15, 0.2) is 0 Å². The van der Waals surface area contributed by atoms with Crippen LogP contribution < -0.4 is 15.6 Å². The van der Waals surface area contributed by atoms with Crippen LogP contribution in [0.5, 0.6) is 5.75 Å². The summed E-state index contributed by atoms with van der Waals surface area (Å²) in [7, 11) is 0. The number of rotatable bonds is 16. The molecule has 1 aromatic rings. The highest BCUT2D eigenvalue weighted by atomic mass is 16.5. The summed E-state index contributed by atoms with van der Waals surface area (Å²) < 4.78 is 5.37. The summed E-state index contributed by atoms with van der Waals surface area (Å²) in [5, 5.41) is 0. The number of ether oxygens (including phenoxy) is 1. The Morgan fingerprint density at radius 2 is 1.41 bits per heavy atom. The van der Waals surface area contributed by atoms with Gasteiger partial charge >= 0.3 is 0 Å². The molecule has 2 N–H and O–H groups in total. The van der Waals surface area contributed by atoms with Crippen LogP contribution in [0.3, 0.4) is 0 Å². The van der Waals surface area contributed by atoms with Gasteiger partial charge in [-0.1, -0.05) is 83.8 Å². The maximum atomic E-state index is 12.1. The van der Waals surface area contributed by atoms with E-state index in [1.165, 1.54) is 57.8 Å². The molecular weight excluding hydrogens is 364 g/mol. The topological polar surface area (TPSA) is 67.4 Å². The number of carbonyl (C=O) groups excluding carboxylic acids is 2. The average Bonchev–Trinajstić information content (AvgIpc) is 2.74. The van der Waals surface area contributed by atoms with E-state index in [1.807, 2.05) is 0 Å². The molecule has 29 heavy (non-hydrogen) atoms. The van der Waals surface area contributed by atoms with Crippen molar-refractivity contribution < 1.29 is 14.3 Å². The molecule has 2 amide bonds. The van der Waals surface area contributed by atoms with E-state index < -0.39 is 0 Å². The third kappa shape index (κ3) is 12.7. The van der Waals surface area contributed by atoms with Crippen LogP contribution in [0.25, 0.3) is 0 Å². The van der Waals surface area contributed by atoms with E-state index in [0.29, 0.717) is 24.3 Å². The Morgan fingerprint density at radius 3 is 1.97 bits per heavy atom. The Labute approximate surface area is 176 Å². The van der Waals surface area contributed by atoms with Gasteiger partial charge in [0.1, 0.15) is 12.4 Å². The highest BCUT2D eigenvalue weighted by Crippen LogP contribution is 2.13. The summed E-state index contributed by atoms with van der Waals surface area (Å²) in [6, 6.07) is 6.74. The first kappa shape index (κ1) is 24.7. The van der Waals surface area contributed by atoms with E-state index in [4.69, 9.17) is 4.74 Å². The van der Waals surface area contributed by atoms with Crippen LogP contribution in [-0.2, 0) is 4.79 Å². The van der Waals surface area contributed by atoms with Crippen LogP contribution in [0.2, 0.25) is 0 Å². The molecular formula is C24H38N2O3. The number of unbranched alkanes of at least 4 members (excludes halogenated alkanes) is 10. The van der Waals surface area contributed by atoms with E-state index in [-0.39, 0.29) is 11.8 Å². The van der Waals surface area contributed by atoms with Crippen LogP contribution in [0.15, 0.2) is 36.9 Å². The summed E-state index contributed by atoms with van der Waals surface area (Å²) >= 11 is 0. The number of hydrazine groups is 1. The number of nitrogens with one attached hydrogen (secondary N) is 2. The molecule has 0 fully saturated rings. The second-order valence-electron chi connectivity index (χ2n) is 7.41. The van der Waals surface area contributed by atoms with E-state index in [0.717, 1.165) is 12.8 Å². The SMILES string of the molecule is C=CCOc1ccc(C(=O)NNC(=O)CCCCCCCCCCCCC)cc1. The molecule has 0 aliphatic heterocycles. The zero-order valence-corrected chi connectivity index (χ0v) is 18.0. The molecule has 0 bridgehead atoms. The molecule has 0 aliphatic rings. The van der Waals surface area contributed by atoms with Crippen molar-refractivity contribution in [3.05, 3.63) is 42.5 Å². The first-order valence-corrected chi connectivity index (χ1v) is 11.1. The third-order valence-electron chi connectivity index (χ3n) is 4.81. The fourth-order valence-electron chi connectivity index (χ4n) is 3.07. The van der Waals surface area contributed by atoms with Crippen molar-refractivity contribution in [2.45, 2.75) is 84.0 Å².